The van der Waals surface area contributed by atoms with E-state index in [4.69, 9.17) is 0 Å². The molecule has 112 valence electrons. The van der Waals surface area contributed by atoms with Gasteiger partial charge in [-0.05, 0) is 13.8 Å². The number of phenols is 2. The van der Waals surface area contributed by atoms with Crippen molar-refractivity contribution in [3.8, 4) is 11.5 Å². The Hall–Kier alpha value is -2.82. The highest BCUT2D eigenvalue weighted by Crippen LogP contribution is 2.42. The van der Waals surface area contributed by atoms with E-state index in [-0.39, 0.29) is 45.5 Å². The van der Waals surface area contributed by atoms with Gasteiger partial charge < -0.3 is 15.5 Å². The van der Waals surface area contributed by atoms with Crippen molar-refractivity contribution in [2.45, 2.75) is 19.9 Å². The normalized spacial score (nSPS) is 13.0. The smallest absolute Gasteiger partial charge is 0.198 e. The van der Waals surface area contributed by atoms with E-state index in [0.29, 0.717) is 0 Å². The number of benzene rings is 2. The number of hydrogen-bond donors (Lipinski definition) is 3. The highest BCUT2D eigenvalue weighted by atomic mass is 16.3. The minimum atomic E-state index is -0.467. The predicted octanol–water partition coefficient (Wildman–Crippen LogP) is 2.69. The highest BCUT2D eigenvalue weighted by molar-refractivity contribution is 6.30. The number of carbonyl (C=O) groups is 2. The maximum atomic E-state index is 12.6. The van der Waals surface area contributed by atoms with E-state index in [1.54, 1.807) is 12.1 Å². The van der Waals surface area contributed by atoms with Gasteiger partial charge in [-0.3, -0.25) is 9.59 Å². The average molecular weight is 297 g/mol. The summed E-state index contributed by atoms with van der Waals surface area (Å²) in [5.74, 6) is -1.56. The molecule has 5 heteroatoms. The molecule has 0 radical (unpaired) electrons. The van der Waals surface area contributed by atoms with Crippen molar-refractivity contribution in [1.82, 2.24) is 0 Å². The molecule has 1 aliphatic carbocycles. The van der Waals surface area contributed by atoms with Gasteiger partial charge in [0.1, 0.15) is 5.75 Å². The van der Waals surface area contributed by atoms with Gasteiger partial charge in [0, 0.05) is 23.2 Å². The second kappa shape index (κ2) is 4.87. The summed E-state index contributed by atoms with van der Waals surface area (Å²) in [4.78, 5) is 25.1. The molecule has 0 bridgehead atoms. The molecule has 22 heavy (non-hydrogen) atoms. The lowest BCUT2D eigenvalue weighted by molar-refractivity contribution is 0.0974. The van der Waals surface area contributed by atoms with Crippen LogP contribution in [0.25, 0.3) is 0 Å². The summed E-state index contributed by atoms with van der Waals surface area (Å²) in [6.07, 6.45) is 0. The molecule has 0 saturated carbocycles. The van der Waals surface area contributed by atoms with Gasteiger partial charge in [0.2, 0.25) is 0 Å². The lowest BCUT2D eigenvalue weighted by Crippen LogP contribution is -2.22. The number of rotatable bonds is 2. The molecule has 3 rings (SSSR count). The van der Waals surface area contributed by atoms with E-state index in [1.165, 1.54) is 18.2 Å². The highest BCUT2D eigenvalue weighted by Gasteiger charge is 2.35. The number of nitrogens with one attached hydrogen (secondary N) is 1. The maximum absolute atomic E-state index is 12.6. The average Bonchev–Trinajstić information content (AvgIpc) is 2.47. The monoisotopic (exact) mass is 297 g/mol. The number of ketones is 2. The first-order chi connectivity index (χ1) is 10.4. The summed E-state index contributed by atoms with van der Waals surface area (Å²) in [7, 11) is 0. The first-order valence-corrected chi connectivity index (χ1v) is 6.95. The molecule has 3 N–H and O–H groups in total. The third-order valence-corrected chi connectivity index (χ3v) is 3.59. The molecular weight excluding hydrogens is 282 g/mol. The summed E-state index contributed by atoms with van der Waals surface area (Å²) in [5.41, 5.74) is 0.407. The van der Waals surface area contributed by atoms with Gasteiger partial charge in [0.15, 0.2) is 17.3 Å². The first-order valence-electron chi connectivity index (χ1n) is 6.95. The molecule has 0 spiro atoms. The lowest BCUT2D eigenvalue weighted by atomic mass is 9.82. The number of fused-ring (bicyclic) bond motifs is 2. The van der Waals surface area contributed by atoms with E-state index in [2.05, 4.69) is 5.32 Å². The SMILES string of the molecule is CC(C)Nc1cc(O)c2c(c1O)C(=O)c1ccccc1C2=O. The Morgan fingerprint density at radius 2 is 1.50 bits per heavy atom. The number of hydrogen-bond acceptors (Lipinski definition) is 5. The fourth-order valence-electron chi connectivity index (χ4n) is 2.68. The molecule has 0 aromatic heterocycles. The Morgan fingerprint density at radius 1 is 0.955 bits per heavy atom. The molecule has 0 unspecified atom stereocenters. The third kappa shape index (κ3) is 1.94. The van der Waals surface area contributed by atoms with Crippen LogP contribution in [0.1, 0.15) is 45.7 Å². The summed E-state index contributed by atoms with van der Waals surface area (Å²) in [6, 6.07) is 7.65. The van der Waals surface area contributed by atoms with Crippen LogP contribution in [0.5, 0.6) is 11.5 Å². The van der Waals surface area contributed by atoms with Crippen LogP contribution in [0.2, 0.25) is 0 Å². The number of anilines is 1. The van der Waals surface area contributed by atoms with Crippen LogP contribution in [-0.4, -0.2) is 27.8 Å². The van der Waals surface area contributed by atoms with E-state index < -0.39 is 11.6 Å². The Labute approximate surface area is 127 Å². The van der Waals surface area contributed by atoms with Gasteiger partial charge in [-0.25, -0.2) is 0 Å². The van der Waals surface area contributed by atoms with Crippen molar-refractivity contribution < 1.29 is 19.8 Å². The topological polar surface area (TPSA) is 86.6 Å². The van der Waals surface area contributed by atoms with Crippen LogP contribution in [0, 0.1) is 0 Å². The Kier molecular flexibility index (Phi) is 3.13. The van der Waals surface area contributed by atoms with Gasteiger partial charge >= 0.3 is 0 Å². The minimum Gasteiger partial charge on any atom is -0.507 e. The van der Waals surface area contributed by atoms with Crippen LogP contribution < -0.4 is 5.32 Å². The van der Waals surface area contributed by atoms with Gasteiger partial charge in [-0.1, -0.05) is 24.3 Å². The quantitative estimate of drug-likeness (QED) is 0.500. The van der Waals surface area contributed by atoms with Crippen LogP contribution in [-0.2, 0) is 0 Å². The molecule has 0 aliphatic heterocycles. The molecule has 2 aromatic rings. The second-order valence-corrected chi connectivity index (χ2v) is 5.54. The molecule has 0 fully saturated rings. The van der Waals surface area contributed by atoms with Crippen molar-refractivity contribution in [2.75, 3.05) is 5.32 Å². The van der Waals surface area contributed by atoms with Crippen LogP contribution in [0.4, 0.5) is 5.69 Å². The third-order valence-electron chi connectivity index (χ3n) is 3.59. The largest absolute Gasteiger partial charge is 0.507 e. The molecule has 0 amide bonds. The Bertz CT molecular complexity index is 809. The molecule has 2 aromatic carbocycles. The zero-order valence-electron chi connectivity index (χ0n) is 12.2. The number of aromatic hydroxyl groups is 2. The molecular formula is C17H15NO4. The van der Waals surface area contributed by atoms with Gasteiger partial charge in [-0.15, -0.1) is 0 Å². The number of phenolic OH excluding ortho intramolecular Hbond substituents is 2. The predicted molar refractivity (Wildman–Crippen MR) is 81.8 cm³/mol. The molecule has 0 saturated heterocycles. The van der Waals surface area contributed by atoms with Crippen LogP contribution in [0.3, 0.4) is 0 Å². The summed E-state index contributed by atoms with van der Waals surface area (Å²) < 4.78 is 0. The summed E-state index contributed by atoms with van der Waals surface area (Å²) in [5, 5.41) is 23.5. The number of carbonyl (C=O) groups excluding carboxylic acids is 2. The zero-order chi connectivity index (χ0) is 16.0. The fourth-order valence-corrected chi connectivity index (χ4v) is 2.68. The van der Waals surface area contributed by atoms with Crippen LogP contribution in [0.15, 0.2) is 30.3 Å². The van der Waals surface area contributed by atoms with Crippen molar-refractivity contribution in [3.63, 3.8) is 0 Å². The van der Waals surface area contributed by atoms with E-state index in [9.17, 15) is 19.8 Å². The maximum Gasteiger partial charge on any atom is 0.198 e. The zero-order valence-corrected chi connectivity index (χ0v) is 12.2. The van der Waals surface area contributed by atoms with Gasteiger partial charge in [-0.2, -0.15) is 0 Å². The van der Waals surface area contributed by atoms with Crippen molar-refractivity contribution in [1.29, 1.82) is 0 Å². The fraction of sp³-hybridized carbons (Fsp3) is 0.176. The minimum absolute atomic E-state index is 0.00923. The summed E-state index contributed by atoms with van der Waals surface area (Å²) in [6.45, 7) is 3.72. The molecule has 0 atom stereocenters. The Balaban J connectivity index is 2.29. The van der Waals surface area contributed by atoms with Crippen molar-refractivity contribution >= 4 is 17.3 Å². The van der Waals surface area contributed by atoms with Gasteiger partial charge in [0.05, 0.1) is 16.8 Å². The van der Waals surface area contributed by atoms with Crippen molar-refractivity contribution in [3.05, 3.63) is 52.6 Å². The molecule has 5 nitrogen and oxygen atoms in total. The first kappa shape index (κ1) is 14.1. The van der Waals surface area contributed by atoms with E-state index >= 15 is 0 Å². The van der Waals surface area contributed by atoms with E-state index in [1.807, 2.05) is 13.8 Å². The molecule has 1 aliphatic rings. The second-order valence-electron chi connectivity index (χ2n) is 5.54. The van der Waals surface area contributed by atoms with Gasteiger partial charge in [0.25, 0.3) is 0 Å². The van der Waals surface area contributed by atoms with E-state index in [0.717, 1.165) is 0 Å². The molecule has 0 heterocycles. The Morgan fingerprint density at radius 3 is 2.05 bits per heavy atom. The summed E-state index contributed by atoms with van der Waals surface area (Å²) >= 11 is 0. The lowest BCUT2D eigenvalue weighted by Gasteiger charge is -2.22. The van der Waals surface area contributed by atoms with Crippen LogP contribution >= 0.6 is 0 Å². The standard InChI is InChI=1S/C17H15NO4/c1-8(2)18-11-7-12(19)13-14(17(11)22)16(21)10-6-4-3-5-9(10)15(13)20/h3-8,18-19,22H,1-2H3. The van der Waals surface area contributed by atoms with Crippen molar-refractivity contribution in [2.24, 2.45) is 0 Å².